The highest BCUT2D eigenvalue weighted by Gasteiger charge is 2.35. The summed E-state index contributed by atoms with van der Waals surface area (Å²) in [6.45, 7) is 0.981. The molecule has 1 atom stereocenters. The molecule has 2 amide bonds. The largest absolute Gasteiger partial charge is 0.486 e. The third-order valence-corrected chi connectivity index (χ3v) is 7.04. The molecule has 5 rings (SSSR count). The third-order valence-electron chi connectivity index (χ3n) is 5.28. The maximum absolute atomic E-state index is 12.8. The molecule has 1 fully saturated rings. The van der Waals surface area contributed by atoms with E-state index in [4.69, 9.17) is 32.7 Å². The zero-order valence-corrected chi connectivity index (χ0v) is 19.5. The van der Waals surface area contributed by atoms with Crippen LogP contribution in [-0.4, -0.2) is 30.8 Å². The Labute approximate surface area is 204 Å². The van der Waals surface area contributed by atoms with E-state index in [1.807, 2.05) is 36.4 Å². The van der Waals surface area contributed by atoms with Crippen molar-refractivity contribution in [2.75, 3.05) is 29.2 Å². The molecule has 3 aromatic rings. The van der Waals surface area contributed by atoms with Crippen LogP contribution in [0, 0.1) is 0 Å². The number of hydrogen-bond donors (Lipinski definition) is 1. The van der Waals surface area contributed by atoms with Gasteiger partial charge in [0.2, 0.25) is 5.91 Å². The van der Waals surface area contributed by atoms with E-state index < -0.39 is 0 Å². The number of halogens is 2. The smallest absolute Gasteiger partial charge is 0.257 e. The Bertz CT molecular complexity index is 1250. The Morgan fingerprint density at radius 3 is 2.64 bits per heavy atom. The number of fused-ring (bicyclic) bond motifs is 1. The summed E-state index contributed by atoms with van der Waals surface area (Å²) >= 11 is 13.6. The van der Waals surface area contributed by atoms with Gasteiger partial charge in [0.15, 0.2) is 11.5 Å². The topological polar surface area (TPSA) is 67.9 Å². The number of anilines is 2. The van der Waals surface area contributed by atoms with E-state index in [9.17, 15) is 9.59 Å². The lowest BCUT2D eigenvalue weighted by molar-refractivity contribution is -0.115. The highest BCUT2D eigenvalue weighted by molar-refractivity contribution is 8.00. The molecule has 0 aliphatic carbocycles. The lowest BCUT2D eigenvalue weighted by atomic mass is 10.1. The number of thioether (sulfide) groups is 1. The van der Waals surface area contributed by atoms with Crippen LogP contribution in [-0.2, 0) is 4.79 Å². The summed E-state index contributed by atoms with van der Waals surface area (Å²) in [4.78, 5) is 27.2. The molecule has 0 saturated carbocycles. The van der Waals surface area contributed by atoms with Crippen LogP contribution in [0.2, 0.25) is 10.0 Å². The van der Waals surface area contributed by atoms with E-state index in [-0.39, 0.29) is 22.2 Å². The molecule has 0 aromatic heterocycles. The second kappa shape index (κ2) is 9.17. The molecule has 9 heteroatoms. The van der Waals surface area contributed by atoms with E-state index in [1.165, 1.54) is 17.8 Å². The molecule has 0 bridgehead atoms. The Morgan fingerprint density at radius 2 is 1.82 bits per heavy atom. The minimum absolute atomic E-state index is 0.00376. The fourth-order valence-corrected chi connectivity index (χ4v) is 5.43. The number of amides is 2. The number of rotatable bonds is 4. The van der Waals surface area contributed by atoms with Crippen LogP contribution in [0.4, 0.5) is 11.4 Å². The Hall–Kier alpha value is -2.87. The zero-order valence-electron chi connectivity index (χ0n) is 17.2. The van der Waals surface area contributed by atoms with Gasteiger partial charge >= 0.3 is 0 Å². The minimum Gasteiger partial charge on any atom is -0.486 e. The second-order valence-corrected chi connectivity index (χ2v) is 9.37. The van der Waals surface area contributed by atoms with Crippen LogP contribution >= 0.6 is 35.0 Å². The first-order chi connectivity index (χ1) is 16.0. The van der Waals surface area contributed by atoms with E-state index in [0.717, 1.165) is 11.3 Å². The van der Waals surface area contributed by atoms with Crippen LogP contribution in [0.25, 0.3) is 0 Å². The Kier molecular flexibility index (Phi) is 6.10. The predicted molar refractivity (Wildman–Crippen MR) is 131 cm³/mol. The molecule has 1 saturated heterocycles. The Morgan fingerprint density at radius 1 is 1.00 bits per heavy atom. The number of nitrogens with zero attached hydrogens (tertiary/aromatic N) is 1. The maximum Gasteiger partial charge on any atom is 0.257 e. The van der Waals surface area contributed by atoms with Crippen LogP contribution in [0.5, 0.6) is 11.5 Å². The predicted octanol–water partition coefficient (Wildman–Crippen LogP) is 5.80. The molecule has 0 spiro atoms. The van der Waals surface area contributed by atoms with Gasteiger partial charge in [0.05, 0.1) is 16.3 Å². The summed E-state index contributed by atoms with van der Waals surface area (Å²) in [6.07, 6.45) is 0. The molecule has 0 radical (unpaired) electrons. The van der Waals surface area contributed by atoms with Gasteiger partial charge in [-0.1, -0.05) is 35.3 Å². The number of nitrogens with one attached hydrogen (secondary N) is 1. The van der Waals surface area contributed by atoms with Crippen molar-refractivity contribution < 1.29 is 19.1 Å². The first kappa shape index (κ1) is 21.9. The molecular formula is C24H18Cl2N2O4S. The highest BCUT2D eigenvalue weighted by atomic mass is 35.5. The number of carbonyl (C=O) groups is 2. The van der Waals surface area contributed by atoms with Gasteiger partial charge in [0.1, 0.15) is 18.6 Å². The molecule has 2 aliphatic heterocycles. The number of carbonyl (C=O) groups excluding carboxylic acids is 2. The summed E-state index contributed by atoms with van der Waals surface area (Å²) in [5.41, 5.74) is 2.56. The first-order valence-electron chi connectivity index (χ1n) is 10.2. The van der Waals surface area contributed by atoms with Gasteiger partial charge in [-0.3, -0.25) is 14.5 Å². The van der Waals surface area contributed by atoms with Crippen molar-refractivity contribution in [2.24, 2.45) is 0 Å². The average Bonchev–Trinajstić information content (AvgIpc) is 3.20. The van der Waals surface area contributed by atoms with Crippen LogP contribution < -0.4 is 19.7 Å². The van der Waals surface area contributed by atoms with Gasteiger partial charge in [0, 0.05) is 22.5 Å². The summed E-state index contributed by atoms with van der Waals surface area (Å²) < 4.78 is 11.3. The van der Waals surface area contributed by atoms with Crippen molar-refractivity contribution in [3.63, 3.8) is 0 Å². The minimum atomic E-state index is -0.340. The first-order valence-corrected chi connectivity index (χ1v) is 12.0. The van der Waals surface area contributed by atoms with Gasteiger partial charge in [-0.05, 0) is 48.0 Å². The van der Waals surface area contributed by atoms with Gasteiger partial charge in [-0.15, -0.1) is 11.8 Å². The monoisotopic (exact) mass is 500 g/mol. The Balaban J connectivity index is 1.40. The summed E-state index contributed by atoms with van der Waals surface area (Å²) in [5.74, 6) is 1.32. The molecular weight excluding hydrogens is 483 g/mol. The van der Waals surface area contributed by atoms with Crippen LogP contribution in [0.3, 0.4) is 0 Å². The number of ether oxygens (including phenoxy) is 2. The average molecular weight is 501 g/mol. The molecule has 2 heterocycles. The quantitative estimate of drug-likeness (QED) is 0.490. The van der Waals surface area contributed by atoms with Gasteiger partial charge < -0.3 is 14.8 Å². The summed E-state index contributed by atoms with van der Waals surface area (Å²) in [6, 6.07) is 17.7. The highest BCUT2D eigenvalue weighted by Crippen LogP contribution is 2.44. The lowest BCUT2D eigenvalue weighted by Crippen LogP contribution is -2.28. The lowest BCUT2D eigenvalue weighted by Gasteiger charge is -2.26. The molecule has 3 aromatic carbocycles. The maximum atomic E-state index is 12.8. The number of benzene rings is 3. The van der Waals surface area contributed by atoms with Crippen molar-refractivity contribution >= 4 is 58.2 Å². The van der Waals surface area contributed by atoms with E-state index in [0.29, 0.717) is 46.7 Å². The molecule has 6 nitrogen and oxygen atoms in total. The van der Waals surface area contributed by atoms with E-state index in [1.54, 1.807) is 23.1 Å². The normalized spacial score (nSPS) is 17.2. The van der Waals surface area contributed by atoms with Crippen molar-refractivity contribution in [2.45, 2.75) is 5.37 Å². The van der Waals surface area contributed by atoms with Crippen LogP contribution in [0.15, 0.2) is 60.7 Å². The van der Waals surface area contributed by atoms with Crippen molar-refractivity contribution in [1.82, 2.24) is 0 Å². The zero-order chi connectivity index (χ0) is 22.9. The van der Waals surface area contributed by atoms with Gasteiger partial charge in [-0.25, -0.2) is 0 Å². The van der Waals surface area contributed by atoms with Crippen LogP contribution in [0.1, 0.15) is 21.3 Å². The van der Waals surface area contributed by atoms with Crippen molar-refractivity contribution in [3.05, 3.63) is 81.8 Å². The summed E-state index contributed by atoms with van der Waals surface area (Å²) in [7, 11) is 0. The fraction of sp³-hybridized carbons (Fsp3) is 0.167. The second-order valence-electron chi connectivity index (χ2n) is 7.46. The molecule has 1 N–H and O–H groups in total. The van der Waals surface area contributed by atoms with E-state index >= 15 is 0 Å². The van der Waals surface area contributed by atoms with Crippen molar-refractivity contribution in [1.29, 1.82) is 0 Å². The molecule has 2 aliphatic rings. The third kappa shape index (κ3) is 4.49. The van der Waals surface area contributed by atoms with Gasteiger partial charge in [0.25, 0.3) is 5.91 Å². The molecule has 168 valence electrons. The fourth-order valence-electron chi connectivity index (χ4n) is 3.77. The SMILES string of the molecule is O=C(Nc1cccc([C@@H]2SCC(=O)N2c2ccc3c(c2)OCCO3)c1)c1ccc(Cl)cc1Cl. The summed E-state index contributed by atoms with van der Waals surface area (Å²) in [5, 5.41) is 3.37. The molecule has 0 unspecified atom stereocenters. The van der Waals surface area contributed by atoms with E-state index in [2.05, 4.69) is 5.32 Å². The molecule has 33 heavy (non-hydrogen) atoms. The van der Waals surface area contributed by atoms with Crippen molar-refractivity contribution in [3.8, 4) is 11.5 Å². The number of hydrogen-bond acceptors (Lipinski definition) is 5. The standard InChI is InChI=1S/C24H18Cl2N2O4S/c25-15-4-6-18(19(26)11-15)23(30)27-16-3-1-2-14(10-16)24-28(22(29)13-33-24)17-5-7-20-21(12-17)32-9-8-31-20/h1-7,10-12,24H,8-9,13H2,(H,27,30)/t24-/m0/s1. The van der Waals surface area contributed by atoms with Gasteiger partial charge in [-0.2, -0.15) is 0 Å².